The van der Waals surface area contributed by atoms with Gasteiger partial charge in [-0.2, -0.15) is 15.1 Å². The third-order valence-corrected chi connectivity index (χ3v) is 6.69. The number of anilines is 3. The van der Waals surface area contributed by atoms with Gasteiger partial charge < -0.3 is 20.9 Å². The smallest absolute Gasteiger partial charge is 0.243 e. The van der Waals surface area contributed by atoms with Gasteiger partial charge in [-0.15, -0.1) is 0 Å². The monoisotopic (exact) mass is 435 g/mol. The van der Waals surface area contributed by atoms with Gasteiger partial charge in [0.1, 0.15) is 11.7 Å². The maximum absolute atomic E-state index is 13.1. The first-order valence-electron chi connectivity index (χ1n) is 11.7. The van der Waals surface area contributed by atoms with E-state index in [-0.39, 0.29) is 18.0 Å². The summed E-state index contributed by atoms with van der Waals surface area (Å²) in [4.78, 5) is 24.7. The Labute approximate surface area is 186 Å². The number of carbonyl (C=O) groups excluding carboxylic acids is 1. The molecule has 3 fully saturated rings. The van der Waals surface area contributed by atoms with E-state index >= 15 is 0 Å². The molecular weight excluding hydrogens is 406 g/mol. The van der Waals surface area contributed by atoms with Crippen molar-refractivity contribution in [3.05, 3.63) is 30.1 Å². The number of aromatic amines is 1. The van der Waals surface area contributed by atoms with Crippen molar-refractivity contribution in [2.45, 2.75) is 56.5 Å². The number of aromatic nitrogens is 5. The summed E-state index contributed by atoms with van der Waals surface area (Å²) in [5.41, 5.74) is 1.96. The zero-order valence-corrected chi connectivity index (χ0v) is 18.0. The van der Waals surface area contributed by atoms with Crippen molar-refractivity contribution in [3.8, 4) is 0 Å². The van der Waals surface area contributed by atoms with Crippen molar-refractivity contribution >= 4 is 29.3 Å². The van der Waals surface area contributed by atoms with Crippen molar-refractivity contribution < 1.29 is 4.79 Å². The molecule has 0 bridgehead atoms. The summed E-state index contributed by atoms with van der Waals surface area (Å²) in [6.45, 7) is 2.64. The fraction of sp³-hybridized carbons (Fsp3) is 0.545. The van der Waals surface area contributed by atoms with Gasteiger partial charge in [0.15, 0.2) is 5.82 Å². The van der Waals surface area contributed by atoms with Crippen LogP contribution in [0.5, 0.6) is 0 Å². The van der Waals surface area contributed by atoms with E-state index in [2.05, 4.69) is 32.2 Å². The molecule has 3 aliphatic rings. The maximum Gasteiger partial charge on any atom is 0.243 e. The molecule has 2 aliphatic heterocycles. The van der Waals surface area contributed by atoms with Gasteiger partial charge in [0.05, 0.1) is 0 Å². The van der Waals surface area contributed by atoms with E-state index in [1.807, 2.05) is 27.6 Å². The SMILES string of the molecule is O=C(N[C@H]1CCCNC1)[C@@H]1CCCN1c1nc(Nc2cc(C3CC3)[nH]n2)n2cccc2n1. The zero-order chi connectivity index (χ0) is 21.5. The van der Waals surface area contributed by atoms with Crippen molar-refractivity contribution in [1.82, 2.24) is 35.2 Å². The number of H-pyrrole nitrogens is 1. The third-order valence-electron chi connectivity index (χ3n) is 6.69. The molecule has 3 aromatic rings. The first kappa shape index (κ1) is 19.5. The second kappa shape index (κ2) is 8.09. The van der Waals surface area contributed by atoms with Crippen LogP contribution in [0.4, 0.5) is 17.7 Å². The van der Waals surface area contributed by atoms with E-state index in [1.165, 1.54) is 18.5 Å². The molecule has 4 N–H and O–H groups in total. The van der Waals surface area contributed by atoms with Gasteiger partial charge in [-0.25, -0.2) is 0 Å². The molecule has 3 aromatic heterocycles. The van der Waals surface area contributed by atoms with Crippen LogP contribution in [-0.4, -0.2) is 62.2 Å². The number of hydrogen-bond donors (Lipinski definition) is 4. The number of piperidine rings is 1. The largest absolute Gasteiger partial charge is 0.350 e. The number of fused-ring (bicyclic) bond motifs is 1. The van der Waals surface area contributed by atoms with Crippen LogP contribution in [0.1, 0.15) is 50.1 Å². The number of carbonyl (C=O) groups is 1. The van der Waals surface area contributed by atoms with Crippen LogP contribution in [0.3, 0.4) is 0 Å². The molecule has 0 radical (unpaired) electrons. The van der Waals surface area contributed by atoms with Gasteiger partial charge >= 0.3 is 0 Å². The predicted octanol–water partition coefficient (Wildman–Crippen LogP) is 1.91. The Morgan fingerprint density at radius 3 is 2.94 bits per heavy atom. The van der Waals surface area contributed by atoms with Crippen molar-refractivity contribution in [2.75, 3.05) is 29.9 Å². The average molecular weight is 436 g/mol. The van der Waals surface area contributed by atoms with Crippen molar-refractivity contribution in [1.29, 1.82) is 0 Å². The summed E-state index contributed by atoms with van der Waals surface area (Å²) in [7, 11) is 0. The van der Waals surface area contributed by atoms with Gasteiger partial charge in [0, 0.05) is 43.0 Å². The molecule has 1 saturated carbocycles. The summed E-state index contributed by atoms with van der Waals surface area (Å²) < 4.78 is 1.91. The predicted molar refractivity (Wildman–Crippen MR) is 121 cm³/mol. The van der Waals surface area contributed by atoms with Crippen molar-refractivity contribution in [2.24, 2.45) is 0 Å². The van der Waals surface area contributed by atoms with Crippen LogP contribution < -0.4 is 20.9 Å². The normalized spacial score (nSPS) is 23.6. The van der Waals surface area contributed by atoms with Crippen LogP contribution in [0, 0.1) is 0 Å². The van der Waals surface area contributed by atoms with Crippen LogP contribution in [0.15, 0.2) is 24.4 Å². The third kappa shape index (κ3) is 3.79. The Hall–Kier alpha value is -3.14. The Morgan fingerprint density at radius 1 is 1.16 bits per heavy atom. The lowest BCUT2D eigenvalue weighted by atomic mass is 10.1. The highest BCUT2D eigenvalue weighted by Crippen LogP contribution is 2.39. The van der Waals surface area contributed by atoms with Gasteiger partial charge in [0.25, 0.3) is 0 Å². The molecule has 2 saturated heterocycles. The Morgan fingerprint density at radius 2 is 2.09 bits per heavy atom. The molecule has 0 spiro atoms. The minimum Gasteiger partial charge on any atom is -0.350 e. The number of rotatable bonds is 6. The minimum atomic E-state index is -0.242. The summed E-state index contributed by atoms with van der Waals surface area (Å²) >= 11 is 0. The first-order chi connectivity index (χ1) is 15.7. The summed E-state index contributed by atoms with van der Waals surface area (Å²) in [6, 6.07) is 5.91. The van der Waals surface area contributed by atoms with E-state index in [0.717, 1.165) is 56.8 Å². The molecule has 10 heteroatoms. The molecule has 168 valence electrons. The Kier molecular flexibility index (Phi) is 4.94. The number of nitrogens with one attached hydrogen (secondary N) is 4. The maximum atomic E-state index is 13.1. The summed E-state index contributed by atoms with van der Waals surface area (Å²) in [6.07, 6.45) is 8.25. The number of amides is 1. The lowest BCUT2D eigenvalue weighted by molar-refractivity contribution is -0.123. The standard InChI is InChI=1S/C22H29N9O/c32-20(24-15-4-1-9-23-13-15)17-5-2-10-30(17)22-26-19-6-3-11-31(19)21(27-22)25-18-12-16(28-29-18)14-7-8-14/h3,6,11-12,14-15,17,23H,1-2,4-5,7-10,13H2,(H,24,32)(H2,25,26,27,28,29)/t15-,17-/m0/s1. The van der Waals surface area contributed by atoms with Gasteiger partial charge in [-0.05, 0) is 57.2 Å². The average Bonchev–Trinajstić information content (AvgIpc) is 3.20. The molecule has 5 heterocycles. The Balaban J connectivity index is 1.25. The van der Waals surface area contributed by atoms with E-state index in [4.69, 9.17) is 9.97 Å². The molecule has 1 aliphatic carbocycles. The van der Waals surface area contributed by atoms with E-state index in [0.29, 0.717) is 17.8 Å². The highest BCUT2D eigenvalue weighted by molar-refractivity contribution is 5.85. The lowest BCUT2D eigenvalue weighted by Gasteiger charge is -2.28. The number of hydrogen-bond acceptors (Lipinski definition) is 7. The topological polar surface area (TPSA) is 115 Å². The van der Waals surface area contributed by atoms with Gasteiger partial charge in [0.2, 0.25) is 17.8 Å². The lowest BCUT2D eigenvalue weighted by Crippen LogP contribution is -2.51. The van der Waals surface area contributed by atoms with Crippen molar-refractivity contribution in [3.63, 3.8) is 0 Å². The number of nitrogens with zero attached hydrogens (tertiary/aromatic N) is 5. The van der Waals surface area contributed by atoms with Crippen LogP contribution in [-0.2, 0) is 4.79 Å². The fourth-order valence-electron chi connectivity index (χ4n) is 4.80. The molecule has 2 atom stereocenters. The van der Waals surface area contributed by atoms with E-state index < -0.39 is 0 Å². The highest BCUT2D eigenvalue weighted by Gasteiger charge is 2.34. The summed E-state index contributed by atoms with van der Waals surface area (Å²) in [5.74, 6) is 2.65. The van der Waals surface area contributed by atoms with E-state index in [1.54, 1.807) is 0 Å². The second-order valence-electron chi connectivity index (χ2n) is 9.09. The molecule has 1 amide bonds. The fourth-order valence-corrected chi connectivity index (χ4v) is 4.80. The minimum absolute atomic E-state index is 0.0749. The Bertz CT molecular complexity index is 1110. The quantitative estimate of drug-likeness (QED) is 0.467. The summed E-state index contributed by atoms with van der Waals surface area (Å²) in [5, 5.41) is 17.5. The molecule has 0 unspecified atom stereocenters. The van der Waals surface area contributed by atoms with Gasteiger partial charge in [-0.1, -0.05) is 0 Å². The van der Waals surface area contributed by atoms with Gasteiger partial charge in [-0.3, -0.25) is 14.3 Å². The first-order valence-corrected chi connectivity index (χ1v) is 11.7. The van der Waals surface area contributed by atoms with Crippen LogP contribution in [0.2, 0.25) is 0 Å². The van der Waals surface area contributed by atoms with E-state index in [9.17, 15) is 4.79 Å². The van der Waals surface area contributed by atoms with Crippen LogP contribution in [0.25, 0.3) is 5.65 Å². The molecule has 10 nitrogen and oxygen atoms in total. The van der Waals surface area contributed by atoms with Crippen LogP contribution >= 0.6 is 0 Å². The zero-order valence-electron chi connectivity index (χ0n) is 18.0. The molecule has 0 aromatic carbocycles. The molecule has 32 heavy (non-hydrogen) atoms. The molecule has 6 rings (SSSR count). The molecular formula is C22H29N9O. The highest BCUT2D eigenvalue weighted by atomic mass is 16.2. The second-order valence-corrected chi connectivity index (χ2v) is 9.09.